The summed E-state index contributed by atoms with van der Waals surface area (Å²) < 4.78 is 1.59. The van der Waals surface area contributed by atoms with Gasteiger partial charge in [-0.15, -0.1) is 0 Å². The number of carboxylic acid groups (broad SMARTS) is 1. The van der Waals surface area contributed by atoms with Gasteiger partial charge >= 0.3 is 5.97 Å². The molecule has 0 atom stereocenters. The first-order valence-electron chi connectivity index (χ1n) is 6.30. The number of benzene rings is 1. The Morgan fingerprint density at radius 2 is 2.15 bits per heavy atom. The highest BCUT2D eigenvalue weighted by atomic mass is 16.4. The summed E-state index contributed by atoms with van der Waals surface area (Å²) in [6, 6.07) is 9.44. The number of hydrogen-bond donors (Lipinski definition) is 1. The Kier molecular flexibility index (Phi) is 2.98. The molecule has 1 aromatic heterocycles. The Labute approximate surface area is 116 Å². The van der Waals surface area contributed by atoms with E-state index in [1.54, 1.807) is 17.8 Å². The van der Waals surface area contributed by atoms with E-state index < -0.39 is 5.97 Å². The monoisotopic (exact) mass is 270 g/mol. The van der Waals surface area contributed by atoms with Crippen LogP contribution in [0.15, 0.2) is 35.3 Å². The SMILES string of the molecule is Cn1nc(C(=O)O)cc1-c1ccccc1N1C=NCC1. The van der Waals surface area contributed by atoms with Crippen LogP contribution in [0.1, 0.15) is 10.5 Å². The van der Waals surface area contributed by atoms with Crippen LogP contribution < -0.4 is 4.90 Å². The predicted molar refractivity (Wildman–Crippen MR) is 76.3 cm³/mol. The zero-order chi connectivity index (χ0) is 14.1. The predicted octanol–water partition coefficient (Wildman–Crippen LogP) is 1.63. The zero-order valence-electron chi connectivity index (χ0n) is 11.0. The highest BCUT2D eigenvalue weighted by Gasteiger charge is 2.18. The van der Waals surface area contributed by atoms with Crippen molar-refractivity contribution in [1.82, 2.24) is 9.78 Å². The average molecular weight is 270 g/mol. The van der Waals surface area contributed by atoms with Crippen molar-refractivity contribution in [3.05, 3.63) is 36.0 Å². The third-order valence-corrected chi connectivity index (χ3v) is 3.28. The van der Waals surface area contributed by atoms with Crippen LogP contribution in [0.2, 0.25) is 0 Å². The van der Waals surface area contributed by atoms with Gasteiger partial charge in [0.1, 0.15) is 0 Å². The topological polar surface area (TPSA) is 70.7 Å². The van der Waals surface area contributed by atoms with Crippen LogP contribution in [0.25, 0.3) is 11.3 Å². The van der Waals surface area contributed by atoms with Crippen LogP contribution in [0, 0.1) is 0 Å². The number of nitrogens with zero attached hydrogens (tertiary/aromatic N) is 4. The van der Waals surface area contributed by atoms with Crippen LogP contribution in [0.3, 0.4) is 0 Å². The third kappa shape index (κ3) is 2.05. The number of rotatable bonds is 3. The van der Waals surface area contributed by atoms with E-state index >= 15 is 0 Å². The first-order valence-corrected chi connectivity index (χ1v) is 6.30. The molecule has 0 unspecified atom stereocenters. The molecule has 0 spiro atoms. The van der Waals surface area contributed by atoms with Gasteiger partial charge in [-0.1, -0.05) is 18.2 Å². The lowest BCUT2D eigenvalue weighted by molar-refractivity contribution is 0.0689. The molecule has 6 nitrogen and oxygen atoms in total. The summed E-state index contributed by atoms with van der Waals surface area (Å²) in [6.45, 7) is 1.61. The molecule has 6 heteroatoms. The van der Waals surface area contributed by atoms with Crippen LogP contribution >= 0.6 is 0 Å². The molecule has 0 radical (unpaired) electrons. The van der Waals surface area contributed by atoms with E-state index in [2.05, 4.69) is 15.0 Å². The number of hydrogen-bond acceptors (Lipinski definition) is 4. The number of aliphatic imine (C=N–C) groups is 1. The standard InChI is InChI=1S/C14H14N4O2/c1-17-13(8-11(16-17)14(19)20)10-4-2-3-5-12(10)18-7-6-15-9-18/h2-5,8-9H,6-7H2,1H3,(H,19,20). The minimum Gasteiger partial charge on any atom is -0.476 e. The molecule has 1 aliphatic heterocycles. The summed E-state index contributed by atoms with van der Waals surface area (Å²) in [5.41, 5.74) is 2.78. The number of carbonyl (C=O) groups is 1. The van der Waals surface area contributed by atoms with Crippen molar-refractivity contribution in [2.75, 3.05) is 18.0 Å². The highest BCUT2D eigenvalue weighted by molar-refractivity contribution is 5.91. The smallest absolute Gasteiger partial charge is 0.356 e. The maximum absolute atomic E-state index is 11.0. The van der Waals surface area contributed by atoms with E-state index in [4.69, 9.17) is 5.11 Å². The first-order chi connectivity index (χ1) is 9.66. The summed E-state index contributed by atoms with van der Waals surface area (Å²) in [5, 5.41) is 13.1. The summed E-state index contributed by atoms with van der Waals surface area (Å²) >= 11 is 0. The molecule has 102 valence electrons. The van der Waals surface area contributed by atoms with Gasteiger partial charge in [0, 0.05) is 19.2 Å². The van der Waals surface area contributed by atoms with Gasteiger partial charge in [-0.25, -0.2) is 4.79 Å². The molecule has 2 aromatic rings. The van der Waals surface area contributed by atoms with Crippen LogP contribution in [0.5, 0.6) is 0 Å². The van der Waals surface area contributed by atoms with E-state index in [-0.39, 0.29) is 5.69 Å². The molecular formula is C14H14N4O2. The second-order valence-corrected chi connectivity index (χ2v) is 4.58. The van der Waals surface area contributed by atoms with Crippen molar-refractivity contribution in [3.8, 4) is 11.3 Å². The number of aromatic carboxylic acids is 1. The summed E-state index contributed by atoms with van der Waals surface area (Å²) in [6.07, 6.45) is 1.81. The van der Waals surface area contributed by atoms with Crippen LogP contribution in [-0.4, -0.2) is 40.3 Å². The molecule has 0 bridgehead atoms. The maximum atomic E-state index is 11.0. The Balaban J connectivity index is 2.10. The average Bonchev–Trinajstić information content (AvgIpc) is 3.08. The van der Waals surface area contributed by atoms with Gasteiger partial charge in [0.05, 0.1) is 24.3 Å². The van der Waals surface area contributed by atoms with Crippen molar-refractivity contribution in [3.63, 3.8) is 0 Å². The first kappa shape index (κ1) is 12.4. The van der Waals surface area contributed by atoms with Crippen LogP contribution in [-0.2, 0) is 7.05 Å². The molecule has 0 aliphatic carbocycles. The molecule has 0 amide bonds. The molecule has 0 saturated carbocycles. The molecule has 3 rings (SSSR count). The Bertz CT molecular complexity index is 690. The van der Waals surface area contributed by atoms with Gasteiger partial charge in [-0.05, 0) is 12.1 Å². The Morgan fingerprint density at radius 3 is 2.80 bits per heavy atom. The Morgan fingerprint density at radius 1 is 1.35 bits per heavy atom. The van der Waals surface area contributed by atoms with Gasteiger partial charge < -0.3 is 10.0 Å². The lowest BCUT2D eigenvalue weighted by atomic mass is 10.1. The Hall–Kier alpha value is -2.63. The van der Waals surface area contributed by atoms with Gasteiger partial charge in [0.25, 0.3) is 0 Å². The molecule has 1 N–H and O–H groups in total. The molecular weight excluding hydrogens is 256 g/mol. The van der Waals surface area contributed by atoms with Crippen molar-refractivity contribution in [2.24, 2.45) is 12.0 Å². The number of anilines is 1. The number of para-hydroxylation sites is 1. The van der Waals surface area contributed by atoms with Crippen molar-refractivity contribution in [1.29, 1.82) is 0 Å². The zero-order valence-corrected chi connectivity index (χ0v) is 11.0. The second-order valence-electron chi connectivity index (χ2n) is 4.58. The van der Waals surface area contributed by atoms with Crippen molar-refractivity contribution in [2.45, 2.75) is 0 Å². The number of aromatic nitrogens is 2. The number of aryl methyl sites for hydroxylation is 1. The lowest BCUT2D eigenvalue weighted by Gasteiger charge is -2.18. The van der Waals surface area contributed by atoms with E-state index in [0.29, 0.717) is 0 Å². The molecule has 0 saturated heterocycles. The fraction of sp³-hybridized carbons (Fsp3) is 0.214. The van der Waals surface area contributed by atoms with Gasteiger partial charge in [-0.2, -0.15) is 5.10 Å². The maximum Gasteiger partial charge on any atom is 0.356 e. The van der Waals surface area contributed by atoms with Gasteiger partial charge in [0.15, 0.2) is 5.69 Å². The minimum atomic E-state index is -1.02. The van der Waals surface area contributed by atoms with Crippen molar-refractivity contribution < 1.29 is 9.90 Å². The fourth-order valence-corrected chi connectivity index (χ4v) is 2.33. The quantitative estimate of drug-likeness (QED) is 0.920. The van der Waals surface area contributed by atoms with Crippen LogP contribution in [0.4, 0.5) is 5.69 Å². The molecule has 0 fully saturated rings. The van der Waals surface area contributed by atoms with E-state index in [9.17, 15) is 4.79 Å². The summed E-state index contributed by atoms with van der Waals surface area (Å²) in [7, 11) is 1.75. The molecule has 1 aromatic carbocycles. The summed E-state index contributed by atoms with van der Waals surface area (Å²) in [4.78, 5) is 17.3. The van der Waals surface area contributed by atoms with E-state index in [0.717, 1.165) is 30.0 Å². The highest BCUT2D eigenvalue weighted by Crippen LogP contribution is 2.31. The van der Waals surface area contributed by atoms with Gasteiger partial charge in [-0.3, -0.25) is 9.67 Å². The largest absolute Gasteiger partial charge is 0.476 e. The van der Waals surface area contributed by atoms with Gasteiger partial charge in [0.2, 0.25) is 0 Å². The molecule has 2 heterocycles. The molecule has 1 aliphatic rings. The van der Waals surface area contributed by atoms with Crippen molar-refractivity contribution >= 4 is 18.0 Å². The summed E-state index contributed by atoms with van der Waals surface area (Å²) in [5.74, 6) is -1.02. The lowest BCUT2D eigenvalue weighted by Crippen LogP contribution is -2.19. The number of carboxylic acids is 1. The minimum absolute atomic E-state index is 0.0485. The van der Waals surface area contributed by atoms with E-state index in [1.807, 2.05) is 30.6 Å². The normalized spacial score (nSPS) is 13.9. The second kappa shape index (κ2) is 4.80. The molecule has 20 heavy (non-hydrogen) atoms. The van der Waals surface area contributed by atoms with E-state index in [1.165, 1.54) is 0 Å². The fourth-order valence-electron chi connectivity index (χ4n) is 2.33. The third-order valence-electron chi connectivity index (χ3n) is 3.28.